The van der Waals surface area contributed by atoms with Gasteiger partial charge in [-0.05, 0) is 83.5 Å². The Morgan fingerprint density at radius 1 is 0.323 bits per heavy atom. The molecule has 1 atom stereocenters. The average Bonchev–Trinajstić information content (AvgIpc) is 3.30. The molecular formula is C59H94O6. The lowest BCUT2D eigenvalue weighted by Crippen LogP contribution is -2.30. The van der Waals surface area contributed by atoms with E-state index in [1.165, 1.54) is 103 Å². The van der Waals surface area contributed by atoms with E-state index in [2.05, 4.69) is 69.4 Å². The number of hydrogen-bond acceptors (Lipinski definition) is 6. The molecule has 65 heavy (non-hydrogen) atoms. The maximum Gasteiger partial charge on any atom is 0.306 e. The molecule has 0 radical (unpaired) electrons. The third-order valence-corrected chi connectivity index (χ3v) is 10.6. The average molecular weight is 899 g/mol. The maximum absolute atomic E-state index is 12.8. The molecule has 0 rings (SSSR count). The Kier molecular flexibility index (Phi) is 49.1. The molecule has 0 aliphatic heterocycles. The minimum absolute atomic E-state index is 0.113. The van der Waals surface area contributed by atoms with E-state index in [0.29, 0.717) is 25.7 Å². The van der Waals surface area contributed by atoms with Gasteiger partial charge in [0, 0.05) is 19.3 Å². The number of hydrogen-bond donors (Lipinski definition) is 0. The lowest BCUT2D eigenvalue weighted by Gasteiger charge is -2.18. The molecule has 0 spiro atoms. The first kappa shape index (κ1) is 60.8. The lowest BCUT2D eigenvalue weighted by atomic mass is 10.1. The molecule has 0 aliphatic carbocycles. The number of ether oxygens (including phenoxy) is 3. The van der Waals surface area contributed by atoms with Gasteiger partial charge >= 0.3 is 17.9 Å². The predicted molar refractivity (Wildman–Crippen MR) is 279 cm³/mol. The first-order chi connectivity index (χ1) is 32.0. The molecule has 0 bridgehead atoms. The topological polar surface area (TPSA) is 78.9 Å². The zero-order valence-electron chi connectivity index (χ0n) is 41.7. The van der Waals surface area contributed by atoms with E-state index in [9.17, 15) is 14.4 Å². The van der Waals surface area contributed by atoms with Gasteiger partial charge in [-0.15, -0.1) is 0 Å². The number of carbonyl (C=O) groups is 3. The van der Waals surface area contributed by atoms with Crippen molar-refractivity contribution in [2.45, 2.75) is 219 Å². The molecule has 366 valence electrons. The van der Waals surface area contributed by atoms with Crippen molar-refractivity contribution in [3.8, 4) is 0 Å². The molecule has 0 heterocycles. The van der Waals surface area contributed by atoms with E-state index >= 15 is 0 Å². The van der Waals surface area contributed by atoms with Gasteiger partial charge in [0.1, 0.15) is 13.2 Å². The fourth-order valence-corrected chi connectivity index (χ4v) is 6.71. The summed E-state index contributed by atoms with van der Waals surface area (Å²) in [5.41, 5.74) is 0. The van der Waals surface area contributed by atoms with E-state index in [1.54, 1.807) is 0 Å². The van der Waals surface area contributed by atoms with Crippen LogP contribution in [0.3, 0.4) is 0 Å². The van der Waals surface area contributed by atoms with Crippen molar-refractivity contribution >= 4 is 17.9 Å². The van der Waals surface area contributed by atoms with Gasteiger partial charge in [0.25, 0.3) is 0 Å². The van der Waals surface area contributed by atoms with Crippen molar-refractivity contribution in [3.63, 3.8) is 0 Å². The molecule has 1 unspecified atom stereocenters. The van der Waals surface area contributed by atoms with Crippen molar-refractivity contribution in [1.29, 1.82) is 0 Å². The summed E-state index contributed by atoms with van der Waals surface area (Å²) in [6, 6.07) is 0. The summed E-state index contributed by atoms with van der Waals surface area (Å²) < 4.78 is 16.7. The number of unbranched alkanes of at least 4 members (excludes halogenated alkanes) is 21. The Labute approximate surface area is 399 Å². The third-order valence-electron chi connectivity index (χ3n) is 10.6. The molecule has 0 N–H and O–H groups in total. The van der Waals surface area contributed by atoms with Crippen molar-refractivity contribution in [2.24, 2.45) is 0 Å². The highest BCUT2D eigenvalue weighted by atomic mass is 16.6. The zero-order valence-corrected chi connectivity index (χ0v) is 41.7. The highest BCUT2D eigenvalue weighted by Crippen LogP contribution is 2.14. The Balaban J connectivity index is 4.46. The van der Waals surface area contributed by atoms with Gasteiger partial charge in [0.15, 0.2) is 6.10 Å². The van der Waals surface area contributed by atoms with Crippen LogP contribution in [-0.4, -0.2) is 37.2 Å². The van der Waals surface area contributed by atoms with Crippen LogP contribution in [-0.2, 0) is 28.6 Å². The van der Waals surface area contributed by atoms with Crippen LogP contribution < -0.4 is 0 Å². The maximum atomic E-state index is 12.8. The Morgan fingerprint density at radius 3 is 1.11 bits per heavy atom. The van der Waals surface area contributed by atoms with Crippen LogP contribution in [0.15, 0.2) is 122 Å². The first-order valence-electron chi connectivity index (χ1n) is 26.2. The normalized spacial score (nSPS) is 13.1. The minimum atomic E-state index is -0.812. The Bertz CT molecular complexity index is 1400. The summed E-state index contributed by atoms with van der Waals surface area (Å²) in [6.07, 6.45) is 71.9. The van der Waals surface area contributed by atoms with Gasteiger partial charge in [0.2, 0.25) is 0 Å². The molecule has 0 aromatic carbocycles. The highest BCUT2D eigenvalue weighted by Gasteiger charge is 2.19. The second-order valence-corrected chi connectivity index (χ2v) is 16.9. The molecule has 0 fully saturated rings. The second kappa shape index (κ2) is 52.4. The number of esters is 3. The van der Waals surface area contributed by atoms with Gasteiger partial charge in [-0.25, -0.2) is 0 Å². The molecule has 0 aliphatic rings. The molecule has 6 nitrogen and oxygen atoms in total. The van der Waals surface area contributed by atoms with Gasteiger partial charge in [-0.2, -0.15) is 0 Å². The highest BCUT2D eigenvalue weighted by molar-refractivity contribution is 5.71. The molecule has 0 saturated heterocycles. The predicted octanol–water partition coefficient (Wildman–Crippen LogP) is 17.3. The fourth-order valence-electron chi connectivity index (χ4n) is 6.71. The van der Waals surface area contributed by atoms with E-state index in [-0.39, 0.29) is 31.1 Å². The zero-order chi connectivity index (χ0) is 47.2. The minimum Gasteiger partial charge on any atom is -0.462 e. The summed E-state index contributed by atoms with van der Waals surface area (Å²) in [7, 11) is 0. The van der Waals surface area contributed by atoms with Crippen LogP contribution in [0.2, 0.25) is 0 Å². The van der Waals surface area contributed by atoms with Gasteiger partial charge in [0.05, 0.1) is 0 Å². The molecule has 0 amide bonds. The van der Waals surface area contributed by atoms with E-state index in [0.717, 1.165) is 64.2 Å². The quantitative estimate of drug-likeness (QED) is 0.0199. The standard InChI is InChI=1S/C59H94O6/c1-4-7-10-13-16-19-21-23-25-27-29-31-33-35-37-40-43-46-49-52-58(61)64-55-56(54-63-57(60)51-48-45-42-39-18-15-12-9-6-3)65-59(62)53-50-47-44-41-38-36-34-32-30-28-26-24-22-20-17-14-11-8-5-2/h7,10,13,16-17,19-25,27,29,31,33,35,37,39,42,56H,4-6,8-9,11-12,14-15,18,26,28,30,32,34,36,38,40-41,43-55H2,1-3H3/b10-7-,16-13-,20-17-,21-19-,24-22-,25-23-,29-27+,33-31-,37-35-,42-39-. The first-order valence-corrected chi connectivity index (χ1v) is 26.2. The van der Waals surface area contributed by atoms with Crippen molar-refractivity contribution in [1.82, 2.24) is 0 Å². The number of carbonyl (C=O) groups excluding carboxylic acids is 3. The van der Waals surface area contributed by atoms with Gasteiger partial charge in [-0.1, -0.05) is 232 Å². The summed E-state index contributed by atoms with van der Waals surface area (Å²) in [6.45, 7) is 6.35. The van der Waals surface area contributed by atoms with Gasteiger partial charge in [-0.3, -0.25) is 14.4 Å². The van der Waals surface area contributed by atoms with Crippen molar-refractivity contribution in [2.75, 3.05) is 13.2 Å². The number of rotatable bonds is 45. The van der Waals surface area contributed by atoms with E-state index in [4.69, 9.17) is 14.2 Å². The molecule has 6 heteroatoms. The SMILES string of the molecule is CC\C=C/C=C\C=C/C=C\C=C\C=C/C=C\CCCCCC(=O)OCC(COC(=O)CCC/C=C\CCCCCC)OC(=O)CCCCCCCCCCCC/C=C\C=C/CCCCC. The summed E-state index contributed by atoms with van der Waals surface area (Å²) >= 11 is 0. The van der Waals surface area contributed by atoms with Gasteiger partial charge < -0.3 is 14.2 Å². The van der Waals surface area contributed by atoms with E-state index in [1.807, 2.05) is 72.9 Å². The largest absolute Gasteiger partial charge is 0.462 e. The molecule has 0 saturated carbocycles. The van der Waals surface area contributed by atoms with Crippen molar-refractivity contribution in [3.05, 3.63) is 122 Å². The molecule has 0 aromatic heterocycles. The molecular weight excluding hydrogens is 805 g/mol. The van der Waals surface area contributed by atoms with Crippen molar-refractivity contribution < 1.29 is 28.6 Å². The lowest BCUT2D eigenvalue weighted by molar-refractivity contribution is -0.167. The van der Waals surface area contributed by atoms with Crippen LogP contribution in [0.1, 0.15) is 213 Å². The van der Waals surface area contributed by atoms with Crippen LogP contribution in [0, 0.1) is 0 Å². The monoisotopic (exact) mass is 899 g/mol. The third kappa shape index (κ3) is 50.7. The number of allylic oxidation sites excluding steroid dienone is 20. The van der Waals surface area contributed by atoms with E-state index < -0.39 is 6.10 Å². The fraction of sp³-hybridized carbons (Fsp3) is 0.610. The van der Waals surface area contributed by atoms with Crippen LogP contribution >= 0.6 is 0 Å². The summed E-state index contributed by atoms with van der Waals surface area (Å²) in [5, 5.41) is 0. The summed E-state index contributed by atoms with van der Waals surface area (Å²) in [5.74, 6) is -1.00. The second-order valence-electron chi connectivity index (χ2n) is 16.9. The molecule has 0 aromatic rings. The van der Waals surface area contributed by atoms with Crippen LogP contribution in [0.4, 0.5) is 0 Å². The smallest absolute Gasteiger partial charge is 0.306 e. The Hall–Kier alpha value is -4.19. The summed E-state index contributed by atoms with van der Waals surface area (Å²) in [4.78, 5) is 37.9. The Morgan fingerprint density at radius 2 is 0.631 bits per heavy atom. The van der Waals surface area contributed by atoms with Crippen LogP contribution in [0.25, 0.3) is 0 Å². The van der Waals surface area contributed by atoms with Crippen LogP contribution in [0.5, 0.6) is 0 Å².